The van der Waals surface area contributed by atoms with Crippen LogP contribution in [0.5, 0.6) is 0 Å². The van der Waals surface area contributed by atoms with Crippen LogP contribution < -0.4 is 5.32 Å². The standard InChI is InChI=1S/C18H22N2O5/c1-4-25-17(24)18(9-21)13-12(15(22)20(3)16(13)23)14(19-18)11-8-6-5-7-10(11)2/h5-8,12-14,19,21H,4,9H2,1-3H3/t12-,13-,14-,18-/m1/s1. The van der Waals surface area contributed by atoms with E-state index in [0.717, 1.165) is 16.0 Å². The normalized spacial score (nSPS) is 31.4. The van der Waals surface area contributed by atoms with Gasteiger partial charge in [-0.1, -0.05) is 24.3 Å². The zero-order valence-corrected chi connectivity index (χ0v) is 14.5. The average molecular weight is 346 g/mol. The SMILES string of the molecule is CCOC(=O)[C@]1(CO)N[C@H](c2ccccc2C)[C@@H]2C(=O)N(C)C(=O)[C@@H]21. The second-order valence-corrected chi connectivity index (χ2v) is 6.57. The number of nitrogens with zero attached hydrogens (tertiary/aromatic N) is 1. The van der Waals surface area contributed by atoms with Gasteiger partial charge in [0, 0.05) is 13.1 Å². The minimum Gasteiger partial charge on any atom is -0.465 e. The number of ether oxygens (including phenoxy) is 1. The molecule has 0 spiro atoms. The number of rotatable bonds is 4. The highest BCUT2D eigenvalue weighted by molar-refractivity contribution is 6.09. The molecule has 2 aliphatic rings. The van der Waals surface area contributed by atoms with Crippen molar-refractivity contribution in [3.63, 3.8) is 0 Å². The summed E-state index contributed by atoms with van der Waals surface area (Å²) in [6.07, 6.45) is 0. The van der Waals surface area contributed by atoms with Crippen LogP contribution in [0.4, 0.5) is 0 Å². The quantitative estimate of drug-likeness (QED) is 0.596. The summed E-state index contributed by atoms with van der Waals surface area (Å²) in [6.45, 7) is 3.05. The fourth-order valence-electron chi connectivity index (χ4n) is 4.01. The second-order valence-electron chi connectivity index (χ2n) is 6.57. The van der Waals surface area contributed by atoms with E-state index in [0.29, 0.717) is 0 Å². The van der Waals surface area contributed by atoms with Gasteiger partial charge in [-0.15, -0.1) is 0 Å². The topological polar surface area (TPSA) is 95.9 Å². The zero-order valence-electron chi connectivity index (χ0n) is 14.5. The van der Waals surface area contributed by atoms with Crippen LogP contribution in [-0.4, -0.2) is 53.6 Å². The highest BCUT2D eigenvalue weighted by atomic mass is 16.5. The lowest BCUT2D eigenvalue weighted by molar-refractivity contribution is -0.158. The molecule has 4 atom stereocenters. The highest BCUT2D eigenvalue weighted by Gasteiger charge is 2.68. The summed E-state index contributed by atoms with van der Waals surface area (Å²) >= 11 is 0. The van der Waals surface area contributed by atoms with Crippen LogP contribution in [0.2, 0.25) is 0 Å². The first-order chi connectivity index (χ1) is 11.9. The van der Waals surface area contributed by atoms with Gasteiger partial charge in [0.1, 0.15) is 0 Å². The second kappa shape index (κ2) is 6.24. The van der Waals surface area contributed by atoms with Gasteiger partial charge in [-0.25, -0.2) is 4.79 Å². The third kappa shape index (κ3) is 2.38. The van der Waals surface area contributed by atoms with E-state index in [2.05, 4.69) is 5.32 Å². The van der Waals surface area contributed by atoms with E-state index in [-0.39, 0.29) is 12.5 Å². The van der Waals surface area contributed by atoms with E-state index in [1.54, 1.807) is 6.92 Å². The first kappa shape index (κ1) is 17.6. The van der Waals surface area contributed by atoms with Gasteiger partial charge in [0.05, 0.1) is 25.0 Å². The predicted octanol–water partition coefficient (Wildman–Crippen LogP) is 0.165. The van der Waals surface area contributed by atoms with Crippen molar-refractivity contribution in [1.82, 2.24) is 10.2 Å². The lowest BCUT2D eigenvalue weighted by Crippen LogP contribution is -2.58. The molecular weight excluding hydrogens is 324 g/mol. The van der Waals surface area contributed by atoms with Crippen molar-refractivity contribution in [3.05, 3.63) is 35.4 Å². The van der Waals surface area contributed by atoms with Crippen LogP contribution in [0.1, 0.15) is 24.1 Å². The molecule has 2 N–H and O–H groups in total. The number of fused-ring (bicyclic) bond motifs is 1. The third-order valence-corrected chi connectivity index (χ3v) is 5.29. The van der Waals surface area contributed by atoms with Crippen LogP contribution >= 0.6 is 0 Å². The van der Waals surface area contributed by atoms with Crippen molar-refractivity contribution in [1.29, 1.82) is 0 Å². The molecule has 134 valence electrons. The molecule has 1 aromatic rings. The number of carbonyl (C=O) groups excluding carboxylic acids is 3. The fourth-order valence-corrected chi connectivity index (χ4v) is 4.01. The maximum absolute atomic E-state index is 12.7. The molecule has 2 heterocycles. The number of esters is 1. The molecule has 0 aromatic heterocycles. The average Bonchev–Trinajstić information content (AvgIpc) is 3.06. The molecule has 7 heteroatoms. The van der Waals surface area contributed by atoms with Crippen molar-refractivity contribution in [3.8, 4) is 0 Å². The van der Waals surface area contributed by atoms with Crippen LogP contribution in [0, 0.1) is 18.8 Å². The summed E-state index contributed by atoms with van der Waals surface area (Å²) in [7, 11) is 1.41. The molecule has 2 aliphatic heterocycles. The molecule has 2 fully saturated rings. The maximum Gasteiger partial charge on any atom is 0.329 e. The Balaban J connectivity index is 2.14. The Labute approximate surface area is 146 Å². The number of aliphatic hydroxyl groups excluding tert-OH is 1. The van der Waals surface area contributed by atoms with Crippen LogP contribution in [0.25, 0.3) is 0 Å². The number of imide groups is 1. The van der Waals surface area contributed by atoms with Crippen LogP contribution in [0.3, 0.4) is 0 Å². The monoisotopic (exact) mass is 346 g/mol. The summed E-state index contributed by atoms with van der Waals surface area (Å²) in [5, 5.41) is 13.1. The lowest BCUT2D eigenvalue weighted by atomic mass is 9.79. The number of aryl methyl sites for hydroxylation is 1. The van der Waals surface area contributed by atoms with E-state index >= 15 is 0 Å². The summed E-state index contributed by atoms with van der Waals surface area (Å²) in [6, 6.07) is 6.93. The number of benzene rings is 1. The van der Waals surface area contributed by atoms with Gasteiger partial charge in [-0.2, -0.15) is 0 Å². The molecule has 0 bridgehead atoms. The molecule has 2 amide bonds. The zero-order chi connectivity index (χ0) is 18.4. The number of carbonyl (C=O) groups is 3. The van der Waals surface area contributed by atoms with E-state index in [1.807, 2.05) is 31.2 Å². The largest absolute Gasteiger partial charge is 0.465 e. The molecule has 3 rings (SSSR count). The van der Waals surface area contributed by atoms with E-state index in [9.17, 15) is 19.5 Å². The Hall–Kier alpha value is -2.25. The maximum atomic E-state index is 12.7. The molecular formula is C18H22N2O5. The van der Waals surface area contributed by atoms with Crippen molar-refractivity contribution in [2.75, 3.05) is 20.3 Å². The first-order valence-corrected chi connectivity index (χ1v) is 8.31. The Bertz CT molecular complexity index is 734. The van der Waals surface area contributed by atoms with Crippen LogP contribution in [-0.2, 0) is 19.1 Å². The molecule has 0 saturated carbocycles. The fraction of sp³-hybridized carbons (Fsp3) is 0.500. The van der Waals surface area contributed by atoms with Gasteiger partial charge in [-0.3, -0.25) is 19.8 Å². The van der Waals surface area contributed by atoms with Gasteiger partial charge < -0.3 is 9.84 Å². The number of hydrogen-bond acceptors (Lipinski definition) is 6. The number of hydrogen-bond donors (Lipinski definition) is 2. The minimum absolute atomic E-state index is 0.118. The predicted molar refractivity (Wildman–Crippen MR) is 88.3 cm³/mol. The van der Waals surface area contributed by atoms with Crippen molar-refractivity contribution < 1.29 is 24.2 Å². The summed E-state index contributed by atoms with van der Waals surface area (Å²) in [5.41, 5.74) is 0.144. The minimum atomic E-state index is -1.62. The molecule has 1 aromatic carbocycles. The molecule has 7 nitrogen and oxygen atoms in total. The number of aliphatic hydroxyl groups is 1. The Morgan fingerprint density at radius 3 is 2.60 bits per heavy atom. The molecule has 0 radical (unpaired) electrons. The lowest BCUT2D eigenvalue weighted by Gasteiger charge is -2.30. The number of amides is 2. The highest BCUT2D eigenvalue weighted by Crippen LogP contribution is 2.49. The first-order valence-electron chi connectivity index (χ1n) is 8.31. The summed E-state index contributed by atoms with van der Waals surface area (Å²) in [5.74, 6) is -3.27. The van der Waals surface area contributed by atoms with E-state index in [1.165, 1.54) is 7.05 Å². The summed E-state index contributed by atoms with van der Waals surface area (Å²) < 4.78 is 5.12. The van der Waals surface area contributed by atoms with Gasteiger partial charge in [0.15, 0.2) is 5.54 Å². The molecule has 0 unspecified atom stereocenters. The van der Waals surface area contributed by atoms with Gasteiger partial charge in [0.25, 0.3) is 0 Å². The van der Waals surface area contributed by atoms with Crippen molar-refractivity contribution in [2.24, 2.45) is 11.8 Å². The molecule has 2 saturated heterocycles. The number of nitrogens with one attached hydrogen (secondary N) is 1. The van der Waals surface area contributed by atoms with Crippen molar-refractivity contribution >= 4 is 17.8 Å². The van der Waals surface area contributed by atoms with Crippen molar-refractivity contribution in [2.45, 2.75) is 25.4 Å². The molecule has 25 heavy (non-hydrogen) atoms. The number of likely N-dealkylation sites (tertiary alicyclic amines) is 1. The van der Waals surface area contributed by atoms with Gasteiger partial charge >= 0.3 is 5.97 Å². The van der Waals surface area contributed by atoms with Gasteiger partial charge in [0.2, 0.25) is 11.8 Å². The summed E-state index contributed by atoms with van der Waals surface area (Å²) in [4.78, 5) is 39.1. The van der Waals surface area contributed by atoms with E-state index in [4.69, 9.17) is 4.74 Å². The smallest absolute Gasteiger partial charge is 0.329 e. The van der Waals surface area contributed by atoms with Crippen LogP contribution in [0.15, 0.2) is 24.3 Å². The van der Waals surface area contributed by atoms with E-state index < -0.39 is 41.9 Å². The molecule has 0 aliphatic carbocycles. The Kier molecular flexibility index (Phi) is 4.38. The third-order valence-electron chi connectivity index (χ3n) is 5.29. The van der Waals surface area contributed by atoms with Gasteiger partial charge in [-0.05, 0) is 25.0 Å². The Morgan fingerprint density at radius 2 is 2.00 bits per heavy atom. The Morgan fingerprint density at radius 1 is 1.32 bits per heavy atom.